The maximum Gasteiger partial charge on any atom is 0.252 e. The molecule has 1 rings (SSSR count). The molecule has 13 heavy (non-hydrogen) atoms. The highest BCUT2D eigenvalue weighted by atomic mass is 79.9. The summed E-state index contributed by atoms with van der Waals surface area (Å²) in [5.74, 6) is -0.0296. The van der Waals surface area contributed by atoms with Crippen LogP contribution in [0.1, 0.15) is 22.8 Å². The summed E-state index contributed by atoms with van der Waals surface area (Å²) in [5.41, 5.74) is 1.78. The first-order valence-electron chi connectivity index (χ1n) is 4.19. The van der Waals surface area contributed by atoms with Gasteiger partial charge in [0.1, 0.15) is 0 Å². The van der Waals surface area contributed by atoms with Crippen LogP contribution in [0.3, 0.4) is 0 Å². The van der Waals surface area contributed by atoms with Gasteiger partial charge in [0.2, 0.25) is 0 Å². The van der Waals surface area contributed by atoms with Crippen molar-refractivity contribution in [1.29, 1.82) is 0 Å². The molecule has 0 aromatic heterocycles. The van der Waals surface area contributed by atoms with Gasteiger partial charge in [0.25, 0.3) is 5.91 Å². The third-order valence-electron chi connectivity index (χ3n) is 1.70. The maximum atomic E-state index is 11.5. The van der Waals surface area contributed by atoms with Crippen molar-refractivity contribution >= 4 is 21.8 Å². The van der Waals surface area contributed by atoms with Crippen LogP contribution >= 0.6 is 15.9 Å². The number of rotatable bonds is 2. The van der Waals surface area contributed by atoms with Crippen LogP contribution in [0, 0.1) is 6.92 Å². The molecule has 2 nitrogen and oxygen atoms in total. The zero-order valence-corrected chi connectivity index (χ0v) is 9.31. The summed E-state index contributed by atoms with van der Waals surface area (Å²) in [4.78, 5) is 11.5. The number of benzene rings is 1. The van der Waals surface area contributed by atoms with E-state index in [1.807, 2.05) is 32.0 Å². The molecule has 0 radical (unpaired) electrons. The Morgan fingerprint density at radius 1 is 1.54 bits per heavy atom. The van der Waals surface area contributed by atoms with Gasteiger partial charge in [-0.3, -0.25) is 4.79 Å². The minimum atomic E-state index is -0.0296. The van der Waals surface area contributed by atoms with E-state index in [0.29, 0.717) is 12.1 Å². The largest absolute Gasteiger partial charge is 0.352 e. The first-order valence-corrected chi connectivity index (χ1v) is 4.98. The Balaban J connectivity index is 2.99. The average Bonchev–Trinajstić information content (AvgIpc) is 2.09. The molecule has 3 heteroatoms. The van der Waals surface area contributed by atoms with Crippen molar-refractivity contribution in [1.82, 2.24) is 5.32 Å². The molecule has 0 saturated carbocycles. The van der Waals surface area contributed by atoms with E-state index < -0.39 is 0 Å². The van der Waals surface area contributed by atoms with E-state index in [-0.39, 0.29) is 5.91 Å². The summed E-state index contributed by atoms with van der Waals surface area (Å²) >= 11 is 3.34. The number of hydrogen-bond acceptors (Lipinski definition) is 1. The van der Waals surface area contributed by atoms with Crippen LogP contribution in [0.25, 0.3) is 0 Å². The van der Waals surface area contributed by atoms with E-state index in [1.165, 1.54) is 0 Å². The molecule has 0 aliphatic heterocycles. The predicted molar refractivity (Wildman–Crippen MR) is 56.9 cm³/mol. The van der Waals surface area contributed by atoms with Gasteiger partial charge in [-0.05, 0) is 41.9 Å². The standard InChI is InChI=1S/C10H12BrNO/c1-3-12-10(13)8-6-7(2)4-5-9(8)11/h4-6H,3H2,1-2H3,(H,12,13). The van der Waals surface area contributed by atoms with Gasteiger partial charge in [-0.1, -0.05) is 11.6 Å². The van der Waals surface area contributed by atoms with Gasteiger partial charge in [0.05, 0.1) is 5.56 Å². The van der Waals surface area contributed by atoms with Gasteiger partial charge in [-0.15, -0.1) is 0 Å². The van der Waals surface area contributed by atoms with Gasteiger partial charge in [0.15, 0.2) is 0 Å². The van der Waals surface area contributed by atoms with Crippen LogP contribution < -0.4 is 5.32 Å². The second-order valence-corrected chi connectivity index (χ2v) is 3.70. The first kappa shape index (κ1) is 10.3. The van der Waals surface area contributed by atoms with Crippen LogP contribution in [0.5, 0.6) is 0 Å². The molecular weight excluding hydrogens is 230 g/mol. The third-order valence-corrected chi connectivity index (χ3v) is 2.40. The molecule has 0 saturated heterocycles. The number of carbonyl (C=O) groups is 1. The molecule has 1 aromatic carbocycles. The quantitative estimate of drug-likeness (QED) is 0.848. The minimum absolute atomic E-state index is 0.0296. The molecular formula is C10H12BrNO. The first-order chi connectivity index (χ1) is 6.15. The number of halogens is 1. The van der Waals surface area contributed by atoms with E-state index in [1.54, 1.807) is 0 Å². The number of nitrogens with one attached hydrogen (secondary N) is 1. The lowest BCUT2D eigenvalue weighted by Crippen LogP contribution is -2.23. The molecule has 1 aromatic rings. The summed E-state index contributed by atoms with van der Waals surface area (Å²) in [5, 5.41) is 2.76. The van der Waals surface area contributed by atoms with Gasteiger partial charge in [-0.25, -0.2) is 0 Å². The molecule has 0 fully saturated rings. The smallest absolute Gasteiger partial charge is 0.252 e. The highest BCUT2D eigenvalue weighted by molar-refractivity contribution is 9.10. The van der Waals surface area contributed by atoms with Gasteiger partial charge < -0.3 is 5.32 Å². The van der Waals surface area contributed by atoms with Crippen molar-refractivity contribution in [3.8, 4) is 0 Å². The van der Waals surface area contributed by atoms with Gasteiger partial charge in [0, 0.05) is 11.0 Å². The number of aryl methyl sites for hydroxylation is 1. The lowest BCUT2D eigenvalue weighted by atomic mass is 10.1. The second-order valence-electron chi connectivity index (χ2n) is 2.84. The zero-order chi connectivity index (χ0) is 9.84. The van der Waals surface area contributed by atoms with Gasteiger partial charge in [-0.2, -0.15) is 0 Å². The molecule has 70 valence electrons. The summed E-state index contributed by atoms with van der Waals surface area (Å²) in [7, 11) is 0. The molecule has 1 amide bonds. The number of hydrogen-bond donors (Lipinski definition) is 1. The zero-order valence-electron chi connectivity index (χ0n) is 7.73. The molecule has 0 spiro atoms. The van der Waals surface area contributed by atoms with Crippen molar-refractivity contribution in [3.05, 3.63) is 33.8 Å². The summed E-state index contributed by atoms with van der Waals surface area (Å²) in [6.07, 6.45) is 0. The van der Waals surface area contributed by atoms with E-state index in [0.717, 1.165) is 10.0 Å². The second kappa shape index (κ2) is 4.42. The van der Waals surface area contributed by atoms with Crippen molar-refractivity contribution in [2.24, 2.45) is 0 Å². The fourth-order valence-corrected chi connectivity index (χ4v) is 1.50. The van der Waals surface area contributed by atoms with Crippen LogP contribution in [0.2, 0.25) is 0 Å². The van der Waals surface area contributed by atoms with E-state index in [2.05, 4.69) is 21.2 Å². The summed E-state index contributed by atoms with van der Waals surface area (Å²) in [6, 6.07) is 5.72. The van der Waals surface area contributed by atoms with E-state index >= 15 is 0 Å². The van der Waals surface area contributed by atoms with Crippen LogP contribution in [0.15, 0.2) is 22.7 Å². The Morgan fingerprint density at radius 2 is 2.23 bits per heavy atom. The Hall–Kier alpha value is -0.830. The fraction of sp³-hybridized carbons (Fsp3) is 0.300. The molecule has 0 aliphatic carbocycles. The third kappa shape index (κ3) is 2.56. The normalized spacial score (nSPS) is 9.77. The van der Waals surface area contributed by atoms with Crippen molar-refractivity contribution in [3.63, 3.8) is 0 Å². The highest BCUT2D eigenvalue weighted by Crippen LogP contribution is 2.17. The molecule has 1 N–H and O–H groups in total. The average molecular weight is 242 g/mol. The molecule has 0 bridgehead atoms. The highest BCUT2D eigenvalue weighted by Gasteiger charge is 2.07. The van der Waals surface area contributed by atoms with Crippen LogP contribution in [-0.2, 0) is 0 Å². The van der Waals surface area contributed by atoms with Crippen molar-refractivity contribution < 1.29 is 4.79 Å². The van der Waals surface area contributed by atoms with Gasteiger partial charge >= 0.3 is 0 Å². The molecule has 0 atom stereocenters. The van der Waals surface area contributed by atoms with E-state index in [4.69, 9.17) is 0 Å². The van der Waals surface area contributed by atoms with Crippen LogP contribution in [-0.4, -0.2) is 12.5 Å². The summed E-state index contributed by atoms with van der Waals surface area (Å²) in [6.45, 7) is 4.52. The molecule has 0 unspecified atom stereocenters. The predicted octanol–water partition coefficient (Wildman–Crippen LogP) is 2.51. The minimum Gasteiger partial charge on any atom is -0.352 e. The maximum absolute atomic E-state index is 11.5. The van der Waals surface area contributed by atoms with Crippen molar-refractivity contribution in [2.45, 2.75) is 13.8 Å². The SMILES string of the molecule is CCNC(=O)c1cc(C)ccc1Br. The van der Waals surface area contributed by atoms with Crippen LogP contribution in [0.4, 0.5) is 0 Å². The van der Waals surface area contributed by atoms with E-state index in [9.17, 15) is 4.79 Å². The lowest BCUT2D eigenvalue weighted by Gasteiger charge is -2.05. The monoisotopic (exact) mass is 241 g/mol. The Labute approximate surface area is 86.5 Å². The Kier molecular flexibility index (Phi) is 3.48. The Bertz CT molecular complexity index is 323. The summed E-state index contributed by atoms with van der Waals surface area (Å²) < 4.78 is 0.837. The molecule has 0 aliphatic rings. The number of carbonyl (C=O) groups excluding carboxylic acids is 1. The lowest BCUT2D eigenvalue weighted by molar-refractivity contribution is 0.0955. The Morgan fingerprint density at radius 3 is 2.85 bits per heavy atom. The van der Waals surface area contributed by atoms with Crippen molar-refractivity contribution in [2.75, 3.05) is 6.54 Å². The molecule has 0 heterocycles. The number of amides is 1. The topological polar surface area (TPSA) is 29.1 Å². The fourth-order valence-electron chi connectivity index (χ4n) is 1.07.